The number of halogens is 6. The van der Waals surface area contributed by atoms with Crippen LogP contribution in [-0.4, -0.2) is 41.2 Å². The van der Waals surface area contributed by atoms with E-state index in [9.17, 15) is 40.7 Å². The number of Topliss-reactive ketones (excluding diaryl/α,β-unsaturated/α-hetero) is 1. The zero-order valence-corrected chi connectivity index (χ0v) is 25.3. The lowest BCUT2D eigenvalue weighted by molar-refractivity contribution is -0.158. The summed E-state index contributed by atoms with van der Waals surface area (Å²) in [4.78, 5) is 43.0. The Balaban J connectivity index is 1.60. The number of amides is 2. The van der Waals surface area contributed by atoms with E-state index in [1.165, 1.54) is 26.8 Å². The minimum atomic E-state index is -5.22. The molecule has 1 aliphatic carbocycles. The fraction of sp³-hybridized carbons (Fsp3) is 0.375. The van der Waals surface area contributed by atoms with Gasteiger partial charge in [0.1, 0.15) is 11.4 Å². The van der Waals surface area contributed by atoms with Crippen molar-refractivity contribution in [2.24, 2.45) is 0 Å². The highest BCUT2D eigenvalue weighted by Crippen LogP contribution is 2.42. The molecule has 1 aliphatic rings. The molecule has 0 aliphatic heterocycles. The van der Waals surface area contributed by atoms with Crippen LogP contribution >= 0.6 is 0 Å². The highest BCUT2D eigenvalue weighted by Gasteiger charge is 2.38. The second kappa shape index (κ2) is 13.0. The zero-order valence-electron chi connectivity index (χ0n) is 25.3. The van der Waals surface area contributed by atoms with Crippen molar-refractivity contribution >= 4 is 29.2 Å². The molecule has 1 saturated carbocycles. The maximum absolute atomic E-state index is 13.9. The highest BCUT2D eigenvalue weighted by atomic mass is 19.4. The molecule has 8 nitrogen and oxygen atoms in total. The van der Waals surface area contributed by atoms with Crippen molar-refractivity contribution in [1.82, 2.24) is 4.98 Å². The number of alkyl halides is 6. The first-order valence-electron chi connectivity index (χ1n) is 14.1. The summed E-state index contributed by atoms with van der Waals surface area (Å²) in [5.41, 5.74) is -0.455. The number of nitrogens with zero attached hydrogens (tertiary/aromatic N) is 1. The molecule has 0 atom stereocenters. The number of pyridine rings is 1. The van der Waals surface area contributed by atoms with Crippen LogP contribution in [0.25, 0.3) is 11.1 Å². The number of nitrogens with one attached hydrogen (secondary N) is 2. The quantitative estimate of drug-likeness (QED) is 0.137. The van der Waals surface area contributed by atoms with E-state index in [4.69, 9.17) is 4.74 Å². The van der Waals surface area contributed by atoms with E-state index in [-0.39, 0.29) is 5.56 Å². The number of hydrogen-bond donors (Lipinski definition) is 2. The standard InChI is InChI=1S/C32H31F6N3O5/c1-17-10-21(12-23(39-17)18-8-9-18)19-6-5-7-20(11-19)26(42)15-28(43)40-24-13-22(32(36,37)38)27(45-16-31(33,34)35)14-25(24)41-29(44)46-30(2,3)4/h5-7,10-14,18H,8-9,15-16H2,1-4H3,(H,40,43)(H,41,44). The van der Waals surface area contributed by atoms with Gasteiger partial charge in [-0.3, -0.25) is 19.9 Å². The molecule has 1 fully saturated rings. The molecule has 0 saturated heterocycles. The van der Waals surface area contributed by atoms with Gasteiger partial charge in [0.2, 0.25) is 5.91 Å². The van der Waals surface area contributed by atoms with Crippen LogP contribution in [0.15, 0.2) is 48.5 Å². The number of carbonyl (C=O) groups excluding carboxylic acids is 3. The van der Waals surface area contributed by atoms with Gasteiger partial charge in [-0.25, -0.2) is 4.79 Å². The summed E-state index contributed by atoms with van der Waals surface area (Å²) in [6, 6.07) is 11.1. The van der Waals surface area contributed by atoms with E-state index < -0.39 is 71.5 Å². The molecule has 3 aromatic rings. The van der Waals surface area contributed by atoms with Crippen LogP contribution < -0.4 is 15.4 Å². The Kier molecular flexibility index (Phi) is 9.69. The smallest absolute Gasteiger partial charge is 0.422 e. The highest BCUT2D eigenvalue weighted by molar-refractivity contribution is 6.12. The maximum atomic E-state index is 13.9. The number of benzene rings is 2. The summed E-state index contributed by atoms with van der Waals surface area (Å²) in [6.07, 6.45) is -10.1. The number of carbonyl (C=O) groups is 3. The molecule has 4 rings (SSSR count). The molecular weight excluding hydrogens is 620 g/mol. The average Bonchev–Trinajstić information content (AvgIpc) is 3.76. The minimum absolute atomic E-state index is 0.161. The minimum Gasteiger partial charge on any atom is -0.483 e. The van der Waals surface area contributed by atoms with Crippen molar-refractivity contribution in [3.05, 3.63) is 71.0 Å². The van der Waals surface area contributed by atoms with Gasteiger partial charge in [0.15, 0.2) is 12.4 Å². The Morgan fingerprint density at radius 1 is 0.891 bits per heavy atom. The number of anilines is 2. The van der Waals surface area contributed by atoms with Gasteiger partial charge in [-0.05, 0) is 75.9 Å². The van der Waals surface area contributed by atoms with Crippen molar-refractivity contribution in [2.45, 2.75) is 70.8 Å². The van der Waals surface area contributed by atoms with Gasteiger partial charge in [0, 0.05) is 28.9 Å². The number of ketones is 1. The van der Waals surface area contributed by atoms with Crippen LogP contribution in [-0.2, 0) is 15.7 Å². The molecule has 1 heterocycles. The average molecular weight is 652 g/mol. The van der Waals surface area contributed by atoms with Crippen molar-refractivity contribution in [2.75, 3.05) is 17.2 Å². The Bertz CT molecular complexity index is 1640. The lowest BCUT2D eigenvalue weighted by atomic mass is 9.99. The Hall–Kier alpha value is -4.62. The molecule has 2 N–H and O–H groups in total. The molecule has 2 aromatic carbocycles. The molecular formula is C32H31F6N3O5. The number of ether oxygens (including phenoxy) is 2. The van der Waals surface area contributed by atoms with Gasteiger partial charge >= 0.3 is 18.4 Å². The van der Waals surface area contributed by atoms with Crippen LogP contribution in [0, 0.1) is 6.92 Å². The normalized spacial score (nSPS) is 13.6. The largest absolute Gasteiger partial charge is 0.483 e. The summed E-state index contributed by atoms with van der Waals surface area (Å²) < 4.78 is 89.4. The molecule has 0 bridgehead atoms. The van der Waals surface area contributed by atoms with Crippen molar-refractivity contribution < 1.29 is 50.2 Å². The second-order valence-corrected chi connectivity index (χ2v) is 11.8. The maximum Gasteiger partial charge on any atom is 0.422 e. The van der Waals surface area contributed by atoms with Crippen molar-refractivity contribution in [3.63, 3.8) is 0 Å². The topological polar surface area (TPSA) is 107 Å². The van der Waals surface area contributed by atoms with E-state index in [0.29, 0.717) is 23.6 Å². The van der Waals surface area contributed by atoms with E-state index in [0.717, 1.165) is 29.8 Å². The first kappa shape index (κ1) is 34.3. The summed E-state index contributed by atoms with van der Waals surface area (Å²) in [6.45, 7) is 4.31. The number of aryl methyl sites for hydroxylation is 1. The van der Waals surface area contributed by atoms with E-state index in [2.05, 4.69) is 20.4 Å². The van der Waals surface area contributed by atoms with E-state index in [1.54, 1.807) is 18.2 Å². The van der Waals surface area contributed by atoms with Crippen LogP contribution in [0.2, 0.25) is 0 Å². The molecule has 0 radical (unpaired) electrons. The predicted octanol–water partition coefficient (Wildman–Crippen LogP) is 8.45. The summed E-state index contributed by atoms with van der Waals surface area (Å²) in [7, 11) is 0. The Morgan fingerprint density at radius 3 is 2.17 bits per heavy atom. The van der Waals surface area contributed by atoms with Gasteiger partial charge in [-0.1, -0.05) is 18.2 Å². The monoisotopic (exact) mass is 651 g/mol. The summed E-state index contributed by atoms with van der Waals surface area (Å²) in [5, 5.41) is 4.28. The summed E-state index contributed by atoms with van der Waals surface area (Å²) >= 11 is 0. The van der Waals surface area contributed by atoms with Crippen LogP contribution in [0.3, 0.4) is 0 Å². The molecule has 14 heteroatoms. The third-order valence-electron chi connectivity index (χ3n) is 6.53. The number of hydrogen-bond acceptors (Lipinski definition) is 6. The fourth-order valence-corrected chi connectivity index (χ4v) is 4.46. The summed E-state index contributed by atoms with van der Waals surface area (Å²) in [5.74, 6) is -2.56. The lowest BCUT2D eigenvalue weighted by Crippen LogP contribution is -2.28. The first-order chi connectivity index (χ1) is 21.3. The third kappa shape index (κ3) is 9.69. The predicted molar refractivity (Wildman–Crippen MR) is 157 cm³/mol. The van der Waals surface area contributed by atoms with E-state index in [1.807, 2.05) is 19.1 Å². The molecule has 0 spiro atoms. The molecule has 246 valence electrons. The van der Waals surface area contributed by atoms with Gasteiger partial charge in [0.05, 0.1) is 23.4 Å². The van der Waals surface area contributed by atoms with Gasteiger partial charge in [0.25, 0.3) is 0 Å². The Labute approximate surface area is 260 Å². The van der Waals surface area contributed by atoms with Crippen molar-refractivity contribution in [3.8, 4) is 16.9 Å². The number of aromatic nitrogens is 1. The van der Waals surface area contributed by atoms with Gasteiger partial charge < -0.3 is 14.8 Å². The molecule has 0 unspecified atom stereocenters. The zero-order chi connectivity index (χ0) is 34.0. The molecule has 46 heavy (non-hydrogen) atoms. The van der Waals surface area contributed by atoms with Crippen LogP contribution in [0.4, 0.5) is 42.5 Å². The molecule has 1 aromatic heterocycles. The van der Waals surface area contributed by atoms with E-state index >= 15 is 0 Å². The third-order valence-corrected chi connectivity index (χ3v) is 6.53. The second-order valence-electron chi connectivity index (χ2n) is 11.8. The number of rotatable bonds is 9. The van der Waals surface area contributed by atoms with Crippen LogP contribution in [0.5, 0.6) is 5.75 Å². The van der Waals surface area contributed by atoms with Crippen molar-refractivity contribution in [1.29, 1.82) is 0 Å². The SMILES string of the molecule is Cc1cc(-c2cccc(C(=O)CC(=O)Nc3cc(C(F)(F)F)c(OCC(F)(F)F)cc3NC(=O)OC(C)(C)C)c2)cc(C2CC2)n1. The first-order valence-corrected chi connectivity index (χ1v) is 14.1. The molecule has 2 amide bonds. The Morgan fingerprint density at radius 2 is 1.57 bits per heavy atom. The fourth-order valence-electron chi connectivity index (χ4n) is 4.46. The van der Waals surface area contributed by atoms with Gasteiger partial charge in [-0.15, -0.1) is 0 Å². The van der Waals surface area contributed by atoms with Crippen LogP contribution in [0.1, 0.15) is 73.3 Å². The lowest BCUT2D eigenvalue weighted by Gasteiger charge is -2.22. The van der Waals surface area contributed by atoms with Gasteiger partial charge in [-0.2, -0.15) is 26.3 Å².